The Balaban J connectivity index is 2.08. The van der Waals surface area contributed by atoms with Crippen molar-refractivity contribution >= 4 is 23.5 Å². The number of halogens is 1. The fraction of sp³-hybridized carbons (Fsp3) is 0.467. The van der Waals surface area contributed by atoms with E-state index in [1.54, 1.807) is 11.8 Å². The maximum absolute atomic E-state index is 12.4. The molecule has 1 aliphatic heterocycles. The number of amides is 1. The van der Waals surface area contributed by atoms with Gasteiger partial charge in [0.15, 0.2) is 0 Å². The lowest BCUT2D eigenvalue weighted by atomic mass is 9.97. The number of carbonyl (C=O) groups excluding carboxylic acids is 2. The second-order valence-electron chi connectivity index (χ2n) is 5.01. The maximum Gasteiger partial charge on any atom is 0.310 e. The van der Waals surface area contributed by atoms with Crippen LogP contribution in [0.1, 0.15) is 30.1 Å². The number of piperidine rings is 1. The number of likely N-dealkylation sites (tertiary alicyclic amines) is 1. The summed E-state index contributed by atoms with van der Waals surface area (Å²) in [5.41, 5.74) is 0.405. The monoisotopic (exact) mass is 311 g/mol. The molecule has 1 saturated heterocycles. The maximum atomic E-state index is 12.4. The molecule has 0 aliphatic carbocycles. The first kappa shape index (κ1) is 15.6. The second kappa shape index (κ2) is 6.80. The van der Waals surface area contributed by atoms with E-state index in [1.165, 1.54) is 18.2 Å². The van der Waals surface area contributed by atoms with Crippen LogP contribution < -0.4 is 0 Å². The summed E-state index contributed by atoms with van der Waals surface area (Å²) in [6, 6.07) is 4.35. The molecule has 6 heteroatoms. The largest absolute Gasteiger partial charge is 0.506 e. The molecular weight excluding hydrogens is 294 g/mol. The van der Waals surface area contributed by atoms with Crippen LogP contribution in [0.4, 0.5) is 0 Å². The van der Waals surface area contributed by atoms with E-state index in [-0.39, 0.29) is 28.6 Å². The summed E-state index contributed by atoms with van der Waals surface area (Å²) in [5, 5.41) is 9.53. The van der Waals surface area contributed by atoms with Crippen LogP contribution in [0.5, 0.6) is 5.75 Å². The minimum absolute atomic E-state index is 0.0590. The fourth-order valence-corrected chi connectivity index (χ4v) is 2.62. The first-order valence-corrected chi connectivity index (χ1v) is 7.35. The van der Waals surface area contributed by atoms with Gasteiger partial charge in [-0.05, 0) is 38.0 Å². The van der Waals surface area contributed by atoms with E-state index in [4.69, 9.17) is 16.3 Å². The molecule has 0 aromatic heterocycles. The zero-order chi connectivity index (χ0) is 15.4. The third kappa shape index (κ3) is 3.67. The van der Waals surface area contributed by atoms with Gasteiger partial charge < -0.3 is 14.7 Å². The molecule has 2 rings (SSSR count). The van der Waals surface area contributed by atoms with E-state index in [0.717, 1.165) is 12.8 Å². The summed E-state index contributed by atoms with van der Waals surface area (Å²) >= 11 is 5.82. The molecule has 1 N–H and O–H groups in total. The van der Waals surface area contributed by atoms with Crippen LogP contribution in [-0.4, -0.2) is 41.6 Å². The van der Waals surface area contributed by atoms with Crippen LogP contribution in [0.3, 0.4) is 0 Å². The zero-order valence-corrected chi connectivity index (χ0v) is 12.6. The topological polar surface area (TPSA) is 66.8 Å². The molecule has 1 aromatic carbocycles. The van der Waals surface area contributed by atoms with Gasteiger partial charge in [0.25, 0.3) is 5.91 Å². The van der Waals surface area contributed by atoms with Crippen molar-refractivity contribution in [2.75, 3.05) is 19.7 Å². The van der Waals surface area contributed by atoms with E-state index in [0.29, 0.717) is 25.3 Å². The third-order valence-electron chi connectivity index (χ3n) is 3.52. The van der Waals surface area contributed by atoms with E-state index < -0.39 is 0 Å². The van der Waals surface area contributed by atoms with Crippen LogP contribution in [0, 0.1) is 5.92 Å². The quantitative estimate of drug-likeness (QED) is 0.871. The van der Waals surface area contributed by atoms with Gasteiger partial charge in [0.1, 0.15) is 5.75 Å². The van der Waals surface area contributed by atoms with Crippen molar-refractivity contribution in [2.24, 2.45) is 5.92 Å². The lowest BCUT2D eigenvalue weighted by molar-refractivity contribution is -0.149. The smallest absolute Gasteiger partial charge is 0.310 e. The molecule has 114 valence electrons. The molecule has 5 nitrogen and oxygen atoms in total. The van der Waals surface area contributed by atoms with Gasteiger partial charge in [-0.25, -0.2) is 0 Å². The summed E-state index contributed by atoms with van der Waals surface area (Å²) < 4.78 is 5.02. The fourth-order valence-electron chi connectivity index (χ4n) is 2.44. The molecule has 1 heterocycles. The minimum atomic E-state index is -0.268. The van der Waals surface area contributed by atoms with Crippen molar-refractivity contribution in [2.45, 2.75) is 19.8 Å². The zero-order valence-electron chi connectivity index (χ0n) is 11.8. The Kier molecular flexibility index (Phi) is 5.07. The minimum Gasteiger partial charge on any atom is -0.506 e. The number of hydrogen-bond donors (Lipinski definition) is 1. The van der Waals surface area contributed by atoms with Gasteiger partial charge in [0.05, 0.1) is 17.5 Å². The molecule has 1 aromatic rings. The number of benzene rings is 1. The van der Waals surface area contributed by atoms with E-state index >= 15 is 0 Å². The standard InChI is InChI=1S/C15H18ClNO4/c1-2-21-15(20)11-4-3-7-17(9-11)14(19)10-5-6-13(18)12(16)8-10/h5-6,8,11,18H,2-4,7,9H2,1H3. The predicted molar refractivity (Wildman–Crippen MR) is 78.4 cm³/mol. The molecule has 1 amide bonds. The van der Waals surface area contributed by atoms with Gasteiger partial charge in [-0.1, -0.05) is 11.6 Å². The van der Waals surface area contributed by atoms with Crippen molar-refractivity contribution in [1.29, 1.82) is 0 Å². The molecule has 21 heavy (non-hydrogen) atoms. The Morgan fingerprint density at radius 3 is 2.90 bits per heavy atom. The lowest BCUT2D eigenvalue weighted by Crippen LogP contribution is -2.42. The highest BCUT2D eigenvalue weighted by Crippen LogP contribution is 2.26. The summed E-state index contributed by atoms with van der Waals surface area (Å²) in [6.45, 7) is 3.07. The number of ether oxygens (including phenoxy) is 1. The highest BCUT2D eigenvalue weighted by molar-refractivity contribution is 6.32. The highest BCUT2D eigenvalue weighted by Gasteiger charge is 2.29. The predicted octanol–water partition coefficient (Wildman–Crippen LogP) is 2.46. The molecule has 0 spiro atoms. The number of phenolic OH excluding ortho intramolecular Hbond substituents is 1. The first-order valence-electron chi connectivity index (χ1n) is 6.97. The number of rotatable bonds is 3. The molecule has 0 saturated carbocycles. The summed E-state index contributed by atoms with van der Waals surface area (Å²) in [4.78, 5) is 25.8. The summed E-state index contributed by atoms with van der Waals surface area (Å²) in [5.74, 6) is -0.767. The van der Waals surface area contributed by atoms with Gasteiger partial charge in [-0.3, -0.25) is 9.59 Å². The second-order valence-corrected chi connectivity index (χ2v) is 5.42. The van der Waals surface area contributed by atoms with Crippen molar-refractivity contribution < 1.29 is 19.4 Å². The average molecular weight is 312 g/mol. The van der Waals surface area contributed by atoms with Crippen molar-refractivity contribution in [3.63, 3.8) is 0 Å². The third-order valence-corrected chi connectivity index (χ3v) is 3.83. The van der Waals surface area contributed by atoms with Crippen LogP contribution in [0.25, 0.3) is 0 Å². The Hall–Kier alpha value is -1.75. The molecule has 1 aliphatic rings. The van der Waals surface area contributed by atoms with Gasteiger partial charge in [-0.15, -0.1) is 0 Å². The number of hydrogen-bond acceptors (Lipinski definition) is 4. The van der Waals surface area contributed by atoms with E-state index in [2.05, 4.69) is 0 Å². The van der Waals surface area contributed by atoms with E-state index in [9.17, 15) is 14.7 Å². The Morgan fingerprint density at radius 1 is 1.48 bits per heavy atom. The first-order chi connectivity index (χ1) is 10.0. The molecular formula is C15H18ClNO4. The molecule has 0 radical (unpaired) electrons. The lowest BCUT2D eigenvalue weighted by Gasteiger charge is -2.31. The van der Waals surface area contributed by atoms with Gasteiger partial charge in [0.2, 0.25) is 0 Å². The van der Waals surface area contributed by atoms with Gasteiger partial charge in [0, 0.05) is 18.7 Å². The Labute approximate surface area is 128 Å². The molecule has 1 unspecified atom stereocenters. The van der Waals surface area contributed by atoms with Gasteiger partial charge >= 0.3 is 5.97 Å². The van der Waals surface area contributed by atoms with Crippen LogP contribution >= 0.6 is 11.6 Å². The summed E-state index contributed by atoms with van der Waals surface area (Å²) in [6.07, 6.45) is 1.50. The van der Waals surface area contributed by atoms with E-state index in [1.807, 2.05) is 0 Å². The van der Waals surface area contributed by atoms with Crippen LogP contribution in [0.15, 0.2) is 18.2 Å². The summed E-state index contributed by atoms with van der Waals surface area (Å²) in [7, 11) is 0. The van der Waals surface area contributed by atoms with Gasteiger partial charge in [-0.2, -0.15) is 0 Å². The van der Waals surface area contributed by atoms with Crippen LogP contribution in [0.2, 0.25) is 5.02 Å². The molecule has 1 atom stereocenters. The number of aromatic hydroxyl groups is 1. The molecule has 1 fully saturated rings. The SMILES string of the molecule is CCOC(=O)C1CCCN(C(=O)c2ccc(O)c(Cl)c2)C1. The molecule has 0 bridgehead atoms. The number of carbonyl (C=O) groups is 2. The number of esters is 1. The van der Waals surface area contributed by atoms with Crippen molar-refractivity contribution in [3.8, 4) is 5.75 Å². The average Bonchev–Trinajstić information content (AvgIpc) is 2.49. The van der Waals surface area contributed by atoms with Crippen LogP contribution in [-0.2, 0) is 9.53 Å². The Morgan fingerprint density at radius 2 is 2.24 bits per heavy atom. The van der Waals surface area contributed by atoms with Crippen molar-refractivity contribution in [3.05, 3.63) is 28.8 Å². The number of nitrogens with zero attached hydrogens (tertiary/aromatic N) is 1. The number of phenols is 1. The highest BCUT2D eigenvalue weighted by atomic mass is 35.5. The van der Waals surface area contributed by atoms with Crippen molar-refractivity contribution in [1.82, 2.24) is 4.90 Å². The normalized spacial score (nSPS) is 18.4. The Bertz CT molecular complexity index is 546.